The number of anilines is 1. The zero-order valence-corrected chi connectivity index (χ0v) is 18.0. The van der Waals surface area contributed by atoms with Crippen molar-refractivity contribution in [1.82, 2.24) is 0 Å². The molecule has 34 heavy (non-hydrogen) atoms. The highest BCUT2D eigenvalue weighted by molar-refractivity contribution is 6.02. The van der Waals surface area contributed by atoms with E-state index in [1.807, 2.05) is 19.1 Å². The van der Waals surface area contributed by atoms with E-state index in [9.17, 15) is 19.3 Å². The number of benzene rings is 3. The number of para-hydroxylation sites is 1. The standard InChI is InChI=1S/C25H19FN2O6/c1-16-4-2-3-5-23(16)34-22-13-18(12-19(14-22)28(30)31)27-25(29)24-11-10-21(33-24)15-32-20-8-6-17(26)7-9-20/h2-14H,15H2,1H3,(H,27,29). The van der Waals surface area contributed by atoms with E-state index in [0.29, 0.717) is 17.3 Å². The summed E-state index contributed by atoms with van der Waals surface area (Å²) in [5, 5.41) is 14.0. The number of nitrogens with one attached hydrogen (secondary N) is 1. The number of non-ortho nitro benzene ring substituents is 1. The Morgan fingerprint density at radius 1 is 1.03 bits per heavy atom. The van der Waals surface area contributed by atoms with Gasteiger partial charge in [-0.2, -0.15) is 0 Å². The first kappa shape index (κ1) is 22.5. The summed E-state index contributed by atoms with van der Waals surface area (Å²) in [7, 11) is 0. The Hall–Kier alpha value is -4.66. The molecular weight excluding hydrogens is 443 g/mol. The lowest BCUT2D eigenvalue weighted by Crippen LogP contribution is -2.11. The molecule has 0 fully saturated rings. The topological polar surface area (TPSA) is 104 Å². The average molecular weight is 462 g/mol. The Morgan fingerprint density at radius 2 is 1.79 bits per heavy atom. The lowest BCUT2D eigenvalue weighted by atomic mass is 10.2. The third-order valence-corrected chi connectivity index (χ3v) is 4.76. The monoisotopic (exact) mass is 462 g/mol. The smallest absolute Gasteiger partial charge is 0.291 e. The van der Waals surface area contributed by atoms with Gasteiger partial charge >= 0.3 is 0 Å². The number of carbonyl (C=O) groups excluding carboxylic acids is 1. The van der Waals surface area contributed by atoms with Crippen molar-refractivity contribution in [2.45, 2.75) is 13.5 Å². The number of aryl methyl sites for hydroxylation is 1. The van der Waals surface area contributed by atoms with E-state index in [2.05, 4.69) is 5.32 Å². The van der Waals surface area contributed by atoms with Gasteiger partial charge in [-0.3, -0.25) is 14.9 Å². The predicted octanol–water partition coefficient (Wildman–Crippen LogP) is 6.26. The van der Waals surface area contributed by atoms with Gasteiger partial charge < -0.3 is 19.2 Å². The van der Waals surface area contributed by atoms with Crippen molar-refractivity contribution in [3.8, 4) is 17.2 Å². The van der Waals surface area contributed by atoms with Crippen molar-refractivity contribution in [2.24, 2.45) is 0 Å². The summed E-state index contributed by atoms with van der Waals surface area (Å²) >= 11 is 0. The third kappa shape index (κ3) is 5.57. The molecule has 0 aliphatic carbocycles. The van der Waals surface area contributed by atoms with Gasteiger partial charge in [-0.05, 0) is 55.0 Å². The second-order valence-electron chi connectivity index (χ2n) is 7.30. The van der Waals surface area contributed by atoms with Crippen LogP contribution in [0.3, 0.4) is 0 Å². The molecule has 1 amide bonds. The average Bonchev–Trinajstić information content (AvgIpc) is 3.29. The van der Waals surface area contributed by atoms with Gasteiger partial charge in [-0.15, -0.1) is 0 Å². The van der Waals surface area contributed by atoms with Crippen LogP contribution < -0.4 is 14.8 Å². The van der Waals surface area contributed by atoms with Gasteiger partial charge in [0.05, 0.1) is 16.7 Å². The van der Waals surface area contributed by atoms with Crippen molar-refractivity contribution in [3.05, 3.63) is 112 Å². The molecule has 0 aliphatic rings. The van der Waals surface area contributed by atoms with E-state index in [0.717, 1.165) is 5.56 Å². The summed E-state index contributed by atoms with van der Waals surface area (Å²) in [4.78, 5) is 23.5. The first-order chi connectivity index (χ1) is 16.4. The number of amides is 1. The summed E-state index contributed by atoms with van der Waals surface area (Å²) in [6.45, 7) is 1.88. The van der Waals surface area contributed by atoms with Crippen LogP contribution in [0.4, 0.5) is 15.8 Å². The molecule has 0 atom stereocenters. The lowest BCUT2D eigenvalue weighted by Gasteiger charge is -2.10. The Kier molecular flexibility index (Phi) is 6.54. The molecule has 0 aliphatic heterocycles. The van der Waals surface area contributed by atoms with Gasteiger partial charge in [0.15, 0.2) is 5.76 Å². The highest BCUT2D eigenvalue weighted by atomic mass is 19.1. The Bertz CT molecular complexity index is 1330. The molecule has 4 aromatic rings. The van der Waals surface area contributed by atoms with E-state index >= 15 is 0 Å². The van der Waals surface area contributed by atoms with Gasteiger partial charge in [0.2, 0.25) is 0 Å². The van der Waals surface area contributed by atoms with E-state index in [1.54, 1.807) is 18.2 Å². The number of halogens is 1. The van der Waals surface area contributed by atoms with Crippen LogP contribution in [-0.4, -0.2) is 10.8 Å². The number of carbonyl (C=O) groups is 1. The SMILES string of the molecule is Cc1ccccc1Oc1cc(NC(=O)c2ccc(COc3ccc(F)cc3)o2)cc([N+](=O)[O-])c1. The van der Waals surface area contributed by atoms with Crippen LogP contribution in [0.15, 0.2) is 83.3 Å². The first-order valence-electron chi connectivity index (χ1n) is 10.2. The number of rotatable bonds is 8. The molecule has 3 aromatic carbocycles. The minimum Gasteiger partial charge on any atom is -0.486 e. The van der Waals surface area contributed by atoms with Crippen molar-refractivity contribution < 1.29 is 28.0 Å². The zero-order valence-electron chi connectivity index (χ0n) is 18.0. The Labute approximate surface area is 193 Å². The van der Waals surface area contributed by atoms with Gasteiger partial charge in [-0.25, -0.2) is 4.39 Å². The largest absolute Gasteiger partial charge is 0.486 e. The van der Waals surface area contributed by atoms with Crippen molar-refractivity contribution >= 4 is 17.3 Å². The van der Waals surface area contributed by atoms with Gasteiger partial charge in [-0.1, -0.05) is 18.2 Å². The summed E-state index contributed by atoms with van der Waals surface area (Å²) in [6, 6.07) is 19.7. The maximum absolute atomic E-state index is 13.0. The third-order valence-electron chi connectivity index (χ3n) is 4.76. The van der Waals surface area contributed by atoms with Crippen molar-refractivity contribution in [1.29, 1.82) is 0 Å². The fraction of sp³-hybridized carbons (Fsp3) is 0.0800. The molecule has 4 rings (SSSR count). The molecule has 1 aromatic heterocycles. The number of nitrogens with zero attached hydrogens (tertiary/aromatic N) is 1. The van der Waals surface area contributed by atoms with Gasteiger partial charge in [0.1, 0.15) is 35.4 Å². The number of hydrogen-bond donors (Lipinski definition) is 1. The maximum atomic E-state index is 13.0. The molecule has 0 radical (unpaired) electrons. The summed E-state index contributed by atoms with van der Waals surface area (Å²) in [5.74, 6) is 0.571. The fourth-order valence-electron chi connectivity index (χ4n) is 3.07. The minimum absolute atomic E-state index is 0.00872. The van der Waals surface area contributed by atoms with E-state index < -0.39 is 10.8 Å². The highest BCUT2D eigenvalue weighted by Crippen LogP contribution is 2.31. The van der Waals surface area contributed by atoms with Crippen LogP contribution in [0.5, 0.6) is 17.2 Å². The molecule has 0 saturated carbocycles. The molecule has 1 heterocycles. The lowest BCUT2D eigenvalue weighted by molar-refractivity contribution is -0.384. The quantitative estimate of drug-likeness (QED) is 0.245. The summed E-state index contributed by atoms with van der Waals surface area (Å²) in [5.41, 5.74) is 0.781. The number of hydrogen-bond acceptors (Lipinski definition) is 6. The van der Waals surface area contributed by atoms with Crippen LogP contribution in [-0.2, 0) is 6.61 Å². The predicted molar refractivity (Wildman–Crippen MR) is 122 cm³/mol. The van der Waals surface area contributed by atoms with Crippen LogP contribution in [0.1, 0.15) is 21.9 Å². The van der Waals surface area contributed by atoms with Crippen molar-refractivity contribution in [2.75, 3.05) is 5.32 Å². The van der Waals surface area contributed by atoms with Crippen LogP contribution in [0.2, 0.25) is 0 Å². The molecule has 0 spiro atoms. The van der Waals surface area contributed by atoms with Gasteiger partial charge in [0.25, 0.3) is 11.6 Å². The number of furan rings is 1. The number of nitro benzene ring substituents is 1. The normalized spacial score (nSPS) is 10.5. The molecule has 9 heteroatoms. The van der Waals surface area contributed by atoms with Crippen LogP contribution in [0.25, 0.3) is 0 Å². The Balaban J connectivity index is 1.46. The molecule has 8 nitrogen and oxygen atoms in total. The molecule has 0 saturated heterocycles. The Morgan fingerprint density at radius 3 is 2.53 bits per heavy atom. The molecule has 1 N–H and O–H groups in total. The van der Waals surface area contributed by atoms with Crippen LogP contribution in [0, 0.1) is 22.9 Å². The minimum atomic E-state index is -0.602. The fourth-order valence-corrected chi connectivity index (χ4v) is 3.07. The molecule has 0 unspecified atom stereocenters. The highest BCUT2D eigenvalue weighted by Gasteiger charge is 2.16. The van der Waals surface area contributed by atoms with E-state index in [4.69, 9.17) is 13.9 Å². The molecular formula is C25H19FN2O6. The van der Waals surface area contributed by atoms with Crippen LogP contribution >= 0.6 is 0 Å². The van der Waals surface area contributed by atoms with Crippen molar-refractivity contribution in [3.63, 3.8) is 0 Å². The number of nitro groups is 1. The number of ether oxygens (including phenoxy) is 2. The first-order valence-corrected chi connectivity index (χ1v) is 10.2. The molecule has 172 valence electrons. The van der Waals surface area contributed by atoms with E-state index in [-0.39, 0.29) is 35.3 Å². The second-order valence-corrected chi connectivity index (χ2v) is 7.30. The zero-order chi connectivity index (χ0) is 24.1. The summed E-state index contributed by atoms with van der Waals surface area (Å²) in [6.07, 6.45) is 0. The summed E-state index contributed by atoms with van der Waals surface area (Å²) < 4.78 is 29.8. The van der Waals surface area contributed by atoms with E-state index in [1.165, 1.54) is 48.5 Å². The second kappa shape index (κ2) is 9.86. The maximum Gasteiger partial charge on any atom is 0.291 e. The molecule has 0 bridgehead atoms. The van der Waals surface area contributed by atoms with Gasteiger partial charge in [0, 0.05) is 12.1 Å².